The maximum atomic E-state index is 12.1. The fraction of sp³-hybridized carbons (Fsp3) is 0.333. The molecule has 0 bridgehead atoms. The first-order chi connectivity index (χ1) is 12.7. The fourth-order valence-corrected chi connectivity index (χ4v) is 2.17. The third-order valence-corrected chi connectivity index (χ3v) is 3.30. The van der Waals surface area contributed by atoms with Crippen molar-refractivity contribution in [1.29, 1.82) is 0 Å². The normalized spacial score (nSPS) is 12.0. The lowest BCUT2D eigenvalue weighted by Crippen LogP contribution is -2.37. The van der Waals surface area contributed by atoms with E-state index in [2.05, 4.69) is 5.32 Å². The van der Waals surface area contributed by atoms with Crippen molar-refractivity contribution in [3.8, 4) is 11.5 Å². The van der Waals surface area contributed by atoms with E-state index in [9.17, 15) is 9.59 Å². The first kappa shape index (κ1) is 20.3. The molecule has 0 aliphatic rings. The van der Waals surface area contributed by atoms with Crippen molar-refractivity contribution in [1.82, 2.24) is 5.32 Å². The molecule has 2 aromatic carbocycles. The standard InChI is InChI=1S/C21H25NO5/c1-15(14-22-20(24)27-21(2,3)4)25-17-11-8-12-18(13-17)26-19(23)16-9-6-5-7-10-16/h5-13,15H,14H2,1-4H3,(H,22,24)/t15-/m0/s1. The molecule has 0 heterocycles. The Hall–Kier alpha value is -3.02. The quantitative estimate of drug-likeness (QED) is 0.609. The number of carbonyl (C=O) groups is 2. The minimum absolute atomic E-state index is 0.281. The van der Waals surface area contributed by atoms with E-state index in [0.717, 1.165) is 0 Å². The largest absolute Gasteiger partial charge is 0.489 e. The molecule has 0 aliphatic carbocycles. The number of rotatable bonds is 6. The first-order valence-electron chi connectivity index (χ1n) is 8.74. The average Bonchev–Trinajstić information content (AvgIpc) is 2.59. The van der Waals surface area contributed by atoms with Crippen LogP contribution in [0.25, 0.3) is 0 Å². The summed E-state index contributed by atoms with van der Waals surface area (Å²) in [7, 11) is 0. The topological polar surface area (TPSA) is 73.9 Å². The second-order valence-electron chi connectivity index (χ2n) is 7.04. The molecule has 2 rings (SSSR count). The van der Waals surface area contributed by atoms with Crippen LogP contribution in [-0.4, -0.2) is 30.3 Å². The van der Waals surface area contributed by atoms with Crippen LogP contribution in [0, 0.1) is 0 Å². The number of ether oxygens (including phenoxy) is 3. The third kappa shape index (κ3) is 7.40. The Kier molecular flexibility index (Phi) is 6.82. The van der Waals surface area contributed by atoms with Gasteiger partial charge in [-0.25, -0.2) is 9.59 Å². The van der Waals surface area contributed by atoms with Crippen molar-refractivity contribution in [2.75, 3.05) is 6.54 Å². The van der Waals surface area contributed by atoms with E-state index in [4.69, 9.17) is 14.2 Å². The summed E-state index contributed by atoms with van der Waals surface area (Å²) in [5.74, 6) is 0.480. The highest BCUT2D eigenvalue weighted by Crippen LogP contribution is 2.21. The van der Waals surface area contributed by atoms with Crippen LogP contribution in [0.5, 0.6) is 11.5 Å². The molecule has 6 heteroatoms. The van der Waals surface area contributed by atoms with Gasteiger partial charge in [-0.15, -0.1) is 0 Å². The van der Waals surface area contributed by atoms with Crippen molar-refractivity contribution in [3.63, 3.8) is 0 Å². The van der Waals surface area contributed by atoms with Gasteiger partial charge in [-0.3, -0.25) is 0 Å². The monoisotopic (exact) mass is 371 g/mol. The van der Waals surface area contributed by atoms with Crippen LogP contribution < -0.4 is 14.8 Å². The van der Waals surface area contributed by atoms with Gasteiger partial charge in [-0.2, -0.15) is 0 Å². The van der Waals surface area contributed by atoms with Crippen LogP contribution in [0.2, 0.25) is 0 Å². The summed E-state index contributed by atoms with van der Waals surface area (Å²) < 4.78 is 16.3. The van der Waals surface area contributed by atoms with E-state index < -0.39 is 17.7 Å². The number of benzene rings is 2. The molecule has 6 nitrogen and oxygen atoms in total. The number of carbonyl (C=O) groups excluding carboxylic acids is 2. The summed E-state index contributed by atoms with van der Waals surface area (Å²) in [6.07, 6.45) is -0.791. The van der Waals surface area contributed by atoms with Gasteiger partial charge in [-0.1, -0.05) is 24.3 Å². The van der Waals surface area contributed by atoms with E-state index >= 15 is 0 Å². The Balaban J connectivity index is 1.87. The Morgan fingerprint density at radius 2 is 1.67 bits per heavy atom. The lowest BCUT2D eigenvalue weighted by Gasteiger charge is -2.21. The van der Waals surface area contributed by atoms with Gasteiger partial charge in [0.05, 0.1) is 12.1 Å². The molecule has 0 fully saturated rings. The fourth-order valence-electron chi connectivity index (χ4n) is 2.17. The number of amides is 1. The second-order valence-corrected chi connectivity index (χ2v) is 7.04. The molecule has 144 valence electrons. The summed E-state index contributed by atoms with van der Waals surface area (Å²) in [6, 6.07) is 15.5. The van der Waals surface area contributed by atoms with E-state index in [1.165, 1.54) is 0 Å². The van der Waals surface area contributed by atoms with Gasteiger partial charge in [0.2, 0.25) is 0 Å². The van der Waals surface area contributed by atoms with Crippen LogP contribution in [0.1, 0.15) is 38.1 Å². The van der Waals surface area contributed by atoms with E-state index in [1.54, 1.807) is 69.3 Å². The SMILES string of the molecule is C[C@@H](CNC(=O)OC(C)(C)C)Oc1cccc(OC(=O)c2ccccc2)c1. The summed E-state index contributed by atoms with van der Waals surface area (Å²) in [5.41, 5.74) is -0.0794. The van der Waals surface area contributed by atoms with E-state index in [1.807, 2.05) is 13.0 Å². The molecule has 1 atom stereocenters. The Labute approximate surface area is 159 Å². The van der Waals surface area contributed by atoms with Crippen molar-refractivity contribution in [2.24, 2.45) is 0 Å². The number of esters is 1. The Morgan fingerprint density at radius 3 is 2.33 bits per heavy atom. The molecule has 27 heavy (non-hydrogen) atoms. The minimum atomic E-state index is -0.550. The lowest BCUT2D eigenvalue weighted by molar-refractivity contribution is 0.0504. The van der Waals surface area contributed by atoms with Crippen LogP contribution in [0.3, 0.4) is 0 Å². The molecule has 0 aliphatic heterocycles. The van der Waals surface area contributed by atoms with Crippen LogP contribution >= 0.6 is 0 Å². The summed E-state index contributed by atoms with van der Waals surface area (Å²) in [4.78, 5) is 23.8. The predicted molar refractivity (Wildman–Crippen MR) is 102 cm³/mol. The number of nitrogens with one attached hydrogen (secondary N) is 1. The predicted octanol–water partition coefficient (Wildman–Crippen LogP) is 4.20. The molecule has 0 saturated heterocycles. The molecule has 0 aromatic heterocycles. The van der Waals surface area contributed by atoms with Gasteiger partial charge in [0.1, 0.15) is 23.2 Å². The molecular weight excluding hydrogens is 346 g/mol. The molecule has 1 amide bonds. The zero-order chi connectivity index (χ0) is 19.9. The summed E-state index contributed by atoms with van der Waals surface area (Å²) in [6.45, 7) is 7.50. The van der Waals surface area contributed by atoms with Gasteiger partial charge in [0.25, 0.3) is 0 Å². The molecule has 0 radical (unpaired) electrons. The van der Waals surface area contributed by atoms with Gasteiger partial charge in [0.15, 0.2) is 0 Å². The number of hydrogen-bond donors (Lipinski definition) is 1. The Bertz CT molecular complexity index is 768. The lowest BCUT2D eigenvalue weighted by atomic mass is 10.2. The summed E-state index contributed by atoms with van der Waals surface area (Å²) in [5, 5.41) is 2.66. The van der Waals surface area contributed by atoms with Crippen molar-refractivity contribution >= 4 is 12.1 Å². The van der Waals surface area contributed by atoms with Gasteiger partial charge in [0, 0.05) is 6.07 Å². The van der Waals surface area contributed by atoms with Crippen molar-refractivity contribution in [3.05, 3.63) is 60.2 Å². The third-order valence-electron chi connectivity index (χ3n) is 3.30. The van der Waals surface area contributed by atoms with Gasteiger partial charge >= 0.3 is 12.1 Å². The highest BCUT2D eigenvalue weighted by Gasteiger charge is 2.17. The number of alkyl carbamates (subject to hydrolysis) is 1. The van der Waals surface area contributed by atoms with Crippen molar-refractivity contribution < 1.29 is 23.8 Å². The number of hydrogen-bond acceptors (Lipinski definition) is 5. The average molecular weight is 371 g/mol. The van der Waals surface area contributed by atoms with Crippen LogP contribution in [0.4, 0.5) is 4.79 Å². The van der Waals surface area contributed by atoms with E-state index in [-0.39, 0.29) is 12.6 Å². The molecule has 2 aromatic rings. The molecule has 0 saturated carbocycles. The van der Waals surface area contributed by atoms with E-state index in [0.29, 0.717) is 17.1 Å². The molecule has 0 spiro atoms. The maximum absolute atomic E-state index is 12.1. The molecular formula is C21H25NO5. The molecule has 0 unspecified atom stereocenters. The Morgan fingerprint density at radius 1 is 1.00 bits per heavy atom. The highest BCUT2D eigenvalue weighted by molar-refractivity contribution is 5.90. The van der Waals surface area contributed by atoms with Crippen LogP contribution in [0.15, 0.2) is 54.6 Å². The zero-order valence-corrected chi connectivity index (χ0v) is 16.0. The smallest absolute Gasteiger partial charge is 0.407 e. The van der Waals surface area contributed by atoms with Gasteiger partial charge in [-0.05, 0) is 52.0 Å². The van der Waals surface area contributed by atoms with Crippen LogP contribution in [-0.2, 0) is 4.74 Å². The summed E-state index contributed by atoms with van der Waals surface area (Å²) >= 11 is 0. The highest BCUT2D eigenvalue weighted by atomic mass is 16.6. The first-order valence-corrected chi connectivity index (χ1v) is 8.74. The van der Waals surface area contributed by atoms with Crippen molar-refractivity contribution in [2.45, 2.75) is 39.4 Å². The minimum Gasteiger partial charge on any atom is -0.489 e. The maximum Gasteiger partial charge on any atom is 0.407 e. The second kappa shape index (κ2) is 9.07. The molecule has 1 N–H and O–H groups in total. The zero-order valence-electron chi connectivity index (χ0n) is 16.0. The van der Waals surface area contributed by atoms with Gasteiger partial charge < -0.3 is 19.5 Å².